The first kappa shape index (κ1) is 20.0. The number of hydrogen-bond acceptors (Lipinski definition) is 3. The molecule has 0 saturated carbocycles. The maximum absolute atomic E-state index is 13.1. The van der Waals surface area contributed by atoms with Crippen LogP contribution in [-0.2, 0) is 12.6 Å². The number of nitrogens with zero attached hydrogens (tertiary/aromatic N) is 2. The lowest BCUT2D eigenvalue weighted by atomic mass is 10.2. The zero-order valence-corrected chi connectivity index (χ0v) is 15.9. The van der Waals surface area contributed by atoms with E-state index in [4.69, 9.17) is 16.3 Å². The summed E-state index contributed by atoms with van der Waals surface area (Å²) in [5.74, 6) is -0.0574. The SMILES string of the molecule is CCOc1cccn2c(C(=O)Nc3ccc(Cl)c(C(F)(F)F)c3)c(CC)nc12. The number of anilines is 1. The number of imidazole rings is 1. The third-order valence-corrected chi connectivity index (χ3v) is 4.40. The molecule has 1 amide bonds. The van der Waals surface area contributed by atoms with Crippen LogP contribution in [0.4, 0.5) is 18.9 Å². The molecule has 2 heterocycles. The Labute approximate surface area is 164 Å². The number of rotatable bonds is 5. The Morgan fingerprint density at radius 2 is 2.04 bits per heavy atom. The van der Waals surface area contributed by atoms with Crippen molar-refractivity contribution in [2.45, 2.75) is 26.4 Å². The lowest BCUT2D eigenvalue weighted by Gasteiger charge is -2.12. The van der Waals surface area contributed by atoms with E-state index in [1.165, 1.54) is 6.07 Å². The molecule has 0 saturated heterocycles. The van der Waals surface area contributed by atoms with E-state index < -0.39 is 22.7 Å². The third kappa shape index (κ3) is 3.77. The standard InChI is InChI=1S/C19H17ClF3N3O2/c1-3-14-16(26-9-5-6-15(28-4-2)17(26)25-14)18(27)24-11-7-8-13(20)12(10-11)19(21,22)23/h5-10H,3-4H2,1-2H3,(H,24,27). The molecule has 3 aromatic rings. The molecule has 3 rings (SSSR count). The molecular weight excluding hydrogens is 395 g/mol. The molecule has 9 heteroatoms. The minimum absolute atomic E-state index is 0.0142. The van der Waals surface area contributed by atoms with Crippen LogP contribution in [0.2, 0.25) is 5.02 Å². The van der Waals surface area contributed by atoms with E-state index in [0.29, 0.717) is 30.1 Å². The lowest BCUT2D eigenvalue weighted by Crippen LogP contribution is -2.17. The summed E-state index contributed by atoms with van der Waals surface area (Å²) in [6.07, 6.45) is -2.51. The fraction of sp³-hybridized carbons (Fsp3) is 0.263. The van der Waals surface area contributed by atoms with Crippen molar-refractivity contribution >= 4 is 28.8 Å². The number of carbonyl (C=O) groups excluding carboxylic acids is 1. The van der Waals surface area contributed by atoms with Crippen LogP contribution in [0, 0.1) is 0 Å². The number of fused-ring (bicyclic) bond motifs is 1. The summed E-state index contributed by atoms with van der Waals surface area (Å²) in [5, 5.41) is 2.07. The van der Waals surface area contributed by atoms with Crippen LogP contribution in [0.15, 0.2) is 36.5 Å². The van der Waals surface area contributed by atoms with Crippen molar-refractivity contribution in [3.8, 4) is 5.75 Å². The number of amides is 1. The number of carbonyl (C=O) groups is 1. The predicted octanol–water partition coefficient (Wildman–Crippen LogP) is 5.22. The Bertz CT molecular complexity index is 1030. The van der Waals surface area contributed by atoms with Crippen LogP contribution in [0.5, 0.6) is 5.75 Å². The minimum atomic E-state index is -4.62. The molecule has 1 aromatic carbocycles. The van der Waals surface area contributed by atoms with Gasteiger partial charge in [-0.2, -0.15) is 13.2 Å². The highest BCUT2D eigenvalue weighted by atomic mass is 35.5. The van der Waals surface area contributed by atoms with E-state index in [1.807, 2.05) is 13.8 Å². The second kappa shape index (κ2) is 7.71. The molecule has 0 fully saturated rings. The second-order valence-electron chi connectivity index (χ2n) is 5.91. The van der Waals surface area contributed by atoms with Gasteiger partial charge in [-0.15, -0.1) is 0 Å². The second-order valence-corrected chi connectivity index (χ2v) is 6.31. The molecule has 0 aliphatic rings. The van der Waals surface area contributed by atoms with Crippen molar-refractivity contribution in [3.05, 3.63) is 58.5 Å². The van der Waals surface area contributed by atoms with Crippen molar-refractivity contribution in [1.29, 1.82) is 0 Å². The Morgan fingerprint density at radius 1 is 1.29 bits per heavy atom. The number of hydrogen-bond donors (Lipinski definition) is 1. The number of alkyl halides is 3. The van der Waals surface area contributed by atoms with Crippen LogP contribution in [0.1, 0.15) is 35.6 Å². The van der Waals surface area contributed by atoms with E-state index in [0.717, 1.165) is 12.1 Å². The van der Waals surface area contributed by atoms with Crippen molar-refractivity contribution in [2.24, 2.45) is 0 Å². The van der Waals surface area contributed by atoms with Crippen LogP contribution in [0.25, 0.3) is 5.65 Å². The molecule has 0 aliphatic heterocycles. The van der Waals surface area contributed by atoms with Gasteiger partial charge in [0.05, 0.1) is 22.9 Å². The zero-order valence-electron chi connectivity index (χ0n) is 15.1. The molecule has 2 aromatic heterocycles. The van der Waals surface area contributed by atoms with Gasteiger partial charge in [0, 0.05) is 11.9 Å². The first-order valence-electron chi connectivity index (χ1n) is 8.57. The average Bonchev–Trinajstić information content (AvgIpc) is 3.02. The van der Waals surface area contributed by atoms with Crippen LogP contribution in [-0.4, -0.2) is 21.9 Å². The predicted molar refractivity (Wildman–Crippen MR) is 100 cm³/mol. The van der Waals surface area contributed by atoms with Crippen LogP contribution >= 0.6 is 11.6 Å². The minimum Gasteiger partial charge on any atom is -0.490 e. The van der Waals surface area contributed by atoms with Crippen molar-refractivity contribution in [2.75, 3.05) is 11.9 Å². The fourth-order valence-corrected chi connectivity index (χ4v) is 3.08. The largest absolute Gasteiger partial charge is 0.490 e. The van der Waals surface area contributed by atoms with Gasteiger partial charge in [-0.3, -0.25) is 9.20 Å². The number of aryl methyl sites for hydroxylation is 1. The van der Waals surface area contributed by atoms with E-state index in [2.05, 4.69) is 10.3 Å². The summed E-state index contributed by atoms with van der Waals surface area (Å²) in [4.78, 5) is 17.3. The number of pyridine rings is 1. The fourth-order valence-electron chi connectivity index (χ4n) is 2.86. The number of nitrogens with one attached hydrogen (secondary N) is 1. The third-order valence-electron chi connectivity index (χ3n) is 4.07. The summed E-state index contributed by atoms with van der Waals surface area (Å²) >= 11 is 5.63. The Morgan fingerprint density at radius 3 is 2.68 bits per heavy atom. The van der Waals surface area contributed by atoms with E-state index >= 15 is 0 Å². The quantitative estimate of drug-likeness (QED) is 0.626. The molecule has 0 atom stereocenters. The molecular formula is C19H17ClF3N3O2. The number of halogens is 4. The van der Waals surface area contributed by atoms with Crippen molar-refractivity contribution in [1.82, 2.24) is 9.38 Å². The van der Waals surface area contributed by atoms with E-state index in [9.17, 15) is 18.0 Å². The molecule has 1 N–H and O–H groups in total. The normalized spacial score (nSPS) is 11.6. The summed E-state index contributed by atoms with van der Waals surface area (Å²) in [5.41, 5.74) is 0.190. The molecule has 0 unspecified atom stereocenters. The van der Waals surface area contributed by atoms with Gasteiger partial charge in [0.2, 0.25) is 0 Å². The first-order chi connectivity index (χ1) is 13.3. The van der Waals surface area contributed by atoms with Gasteiger partial charge in [0.15, 0.2) is 11.4 Å². The highest BCUT2D eigenvalue weighted by Crippen LogP contribution is 2.36. The smallest absolute Gasteiger partial charge is 0.417 e. The Kier molecular flexibility index (Phi) is 5.51. The summed E-state index contributed by atoms with van der Waals surface area (Å²) in [6, 6.07) is 6.67. The van der Waals surface area contributed by atoms with E-state index in [1.54, 1.807) is 22.7 Å². The summed E-state index contributed by atoms with van der Waals surface area (Å²) in [6.45, 7) is 4.10. The molecule has 0 aliphatic carbocycles. The highest BCUT2D eigenvalue weighted by Gasteiger charge is 2.33. The van der Waals surface area contributed by atoms with E-state index in [-0.39, 0.29) is 11.4 Å². The van der Waals surface area contributed by atoms with Gasteiger partial charge in [-0.1, -0.05) is 18.5 Å². The van der Waals surface area contributed by atoms with Crippen LogP contribution in [0.3, 0.4) is 0 Å². The van der Waals surface area contributed by atoms with Gasteiger partial charge in [0.1, 0.15) is 5.69 Å². The number of benzene rings is 1. The number of ether oxygens (including phenoxy) is 1. The van der Waals surface area contributed by atoms with Crippen molar-refractivity contribution in [3.63, 3.8) is 0 Å². The zero-order chi connectivity index (χ0) is 20.5. The Balaban J connectivity index is 2.02. The summed E-state index contributed by atoms with van der Waals surface area (Å²) in [7, 11) is 0. The summed E-state index contributed by atoms with van der Waals surface area (Å²) < 4.78 is 46.3. The van der Waals surface area contributed by atoms with Crippen molar-refractivity contribution < 1.29 is 22.7 Å². The van der Waals surface area contributed by atoms with Gasteiger partial charge in [-0.05, 0) is 43.7 Å². The first-order valence-corrected chi connectivity index (χ1v) is 8.94. The molecule has 5 nitrogen and oxygen atoms in total. The van der Waals surface area contributed by atoms with Crippen LogP contribution < -0.4 is 10.1 Å². The topological polar surface area (TPSA) is 55.6 Å². The lowest BCUT2D eigenvalue weighted by molar-refractivity contribution is -0.137. The van der Waals surface area contributed by atoms with Gasteiger partial charge < -0.3 is 10.1 Å². The molecule has 28 heavy (non-hydrogen) atoms. The van der Waals surface area contributed by atoms with Gasteiger partial charge in [0.25, 0.3) is 5.91 Å². The molecule has 148 valence electrons. The number of aromatic nitrogens is 2. The highest BCUT2D eigenvalue weighted by molar-refractivity contribution is 6.31. The molecule has 0 bridgehead atoms. The monoisotopic (exact) mass is 411 g/mol. The molecule has 0 spiro atoms. The average molecular weight is 412 g/mol. The Hall–Kier alpha value is -2.74. The molecule has 0 radical (unpaired) electrons. The van der Waals surface area contributed by atoms with Gasteiger partial charge in [-0.25, -0.2) is 4.98 Å². The maximum atomic E-state index is 13.1. The maximum Gasteiger partial charge on any atom is 0.417 e. The van der Waals surface area contributed by atoms with Gasteiger partial charge >= 0.3 is 6.18 Å².